The summed E-state index contributed by atoms with van der Waals surface area (Å²) in [4.78, 5) is 0. The van der Waals surface area contributed by atoms with E-state index in [1.54, 1.807) is 4.68 Å². The van der Waals surface area contributed by atoms with Gasteiger partial charge in [0.1, 0.15) is 5.82 Å². The third-order valence-electron chi connectivity index (χ3n) is 3.30. The Morgan fingerprint density at radius 1 is 1.53 bits per heavy atom. The highest BCUT2D eigenvalue weighted by Gasteiger charge is 2.14. The molecule has 1 saturated heterocycles. The standard InChI is InChI=1S/C12H22N4O/c1-9-11(13)12(16(2)15-9)14-7-6-10-5-3-4-8-17-10/h10,14H,3-8,13H2,1-2H3. The van der Waals surface area contributed by atoms with Gasteiger partial charge in [0.05, 0.1) is 17.5 Å². The first-order chi connectivity index (χ1) is 8.18. The maximum absolute atomic E-state index is 5.95. The number of nitrogens with one attached hydrogen (secondary N) is 1. The maximum atomic E-state index is 5.95. The Bertz CT molecular complexity index is 369. The number of anilines is 2. The fraction of sp³-hybridized carbons (Fsp3) is 0.750. The summed E-state index contributed by atoms with van der Waals surface area (Å²) in [6.45, 7) is 3.72. The van der Waals surface area contributed by atoms with Crippen molar-refractivity contribution in [3.8, 4) is 0 Å². The van der Waals surface area contributed by atoms with Gasteiger partial charge in [0, 0.05) is 20.2 Å². The van der Waals surface area contributed by atoms with Crippen molar-refractivity contribution < 1.29 is 4.74 Å². The summed E-state index contributed by atoms with van der Waals surface area (Å²) >= 11 is 0. The molecule has 3 N–H and O–H groups in total. The summed E-state index contributed by atoms with van der Waals surface area (Å²) in [5.41, 5.74) is 7.57. The molecule has 1 atom stereocenters. The Morgan fingerprint density at radius 2 is 2.35 bits per heavy atom. The minimum absolute atomic E-state index is 0.409. The van der Waals surface area contributed by atoms with Crippen molar-refractivity contribution in [2.24, 2.45) is 7.05 Å². The summed E-state index contributed by atoms with van der Waals surface area (Å²) in [7, 11) is 1.91. The highest BCUT2D eigenvalue weighted by Crippen LogP contribution is 2.21. The monoisotopic (exact) mass is 238 g/mol. The molecular weight excluding hydrogens is 216 g/mol. The smallest absolute Gasteiger partial charge is 0.147 e. The van der Waals surface area contributed by atoms with E-state index in [-0.39, 0.29) is 0 Å². The molecule has 0 bridgehead atoms. The molecule has 17 heavy (non-hydrogen) atoms. The molecule has 5 nitrogen and oxygen atoms in total. The number of nitrogens with zero attached hydrogens (tertiary/aromatic N) is 2. The van der Waals surface area contributed by atoms with Crippen LogP contribution in [0.2, 0.25) is 0 Å². The van der Waals surface area contributed by atoms with Crippen LogP contribution in [0, 0.1) is 6.92 Å². The van der Waals surface area contributed by atoms with E-state index in [1.165, 1.54) is 19.3 Å². The molecule has 1 aliphatic rings. The number of hydrogen-bond donors (Lipinski definition) is 2. The van der Waals surface area contributed by atoms with Gasteiger partial charge in [-0.05, 0) is 32.6 Å². The van der Waals surface area contributed by atoms with Crippen molar-refractivity contribution in [3.63, 3.8) is 0 Å². The van der Waals surface area contributed by atoms with Gasteiger partial charge in [0.15, 0.2) is 0 Å². The van der Waals surface area contributed by atoms with Crippen LogP contribution in [-0.2, 0) is 11.8 Å². The van der Waals surface area contributed by atoms with Crippen LogP contribution < -0.4 is 11.1 Å². The zero-order valence-electron chi connectivity index (χ0n) is 10.7. The summed E-state index contributed by atoms with van der Waals surface area (Å²) < 4.78 is 7.49. The van der Waals surface area contributed by atoms with Crippen LogP contribution in [0.5, 0.6) is 0 Å². The van der Waals surface area contributed by atoms with Crippen LogP contribution in [0.3, 0.4) is 0 Å². The second kappa shape index (κ2) is 5.40. The number of aromatic nitrogens is 2. The largest absolute Gasteiger partial charge is 0.394 e. The first kappa shape index (κ1) is 12.2. The zero-order chi connectivity index (χ0) is 12.3. The summed E-state index contributed by atoms with van der Waals surface area (Å²) in [5.74, 6) is 0.915. The molecule has 0 amide bonds. The van der Waals surface area contributed by atoms with E-state index in [1.807, 2.05) is 14.0 Å². The Hall–Kier alpha value is -1.23. The minimum atomic E-state index is 0.409. The molecule has 0 radical (unpaired) electrons. The highest BCUT2D eigenvalue weighted by atomic mass is 16.5. The predicted molar refractivity (Wildman–Crippen MR) is 69.1 cm³/mol. The van der Waals surface area contributed by atoms with E-state index in [0.29, 0.717) is 6.10 Å². The lowest BCUT2D eigenvalue weighted by Gasteiger charge is -2.22. The normalized spacial score (nSPS) is 20.5. The van der Waals surface area contributed by atoms with Crippen molar-refractivity contribution in [3.05, 3.63) is 5.69 Å². The molecule has 1 aromatic heterocycles. The van der Waals surface area contributed by atoms with Gasteiger partial charge in [-0.3, -0.25) is 4.68 Å². The lowest BCUT2D eigenvalue weighted by atomic mass is 10.1. The molecule has 1 unspecified atom stereocenters. The Kier molecular flexibility index (Phi) is 3.89. The van der Waals surface area contributed by atoms with E-state index < -0.39 is 0 Å². The van der Waals surface area contributed by atoms with Crippen LogP contribution in [0.1, 0.15) is 31.4 Å². The summed E-state index contributed by atoms with van der Waals surface area (Å²) in [6, 6.07) is 0. The fourth-order valence-corrected chi connectivity index (χ4v) is 2.27. The van der Waals surface area contributed by atoms with E-state index in [9.17, 15) is 0 Å². The van der Waals surface area contributed by atoms with Gasteiger partial charge in [-0.1, -0.05) is 0 Å². The highest BCUT2D eigenvalue weighted by molar-refractivity contribution is 5.64. The molecule has 0 spiro atoms. The predicted octanol–water partition coefficient (Wildman–Crippen LogP) is 1.68. The SMILES string of the molecule is Cc1nn(C)c(NCCC2CCCCO2)c1N. The number of aryl methyl sites for hydroxylation is 2. The number of hydrogen-bond acceptors (Lipinski definition) is 4. The first-order valence-electron chi connectivity index (χ1n) is 6.33. The van der Waals surface area contributed by atoms with Gasteiger partial charge in [0.2, 0.25) is 0 Å². The number of nitrogens with two attached hydrogens (primary N) is 1. The maximum Gasteiger partial charge on any atom is 0.147 e. The van der Waals surface area contributed by atoms with Gasteiger partial charge in [-0.15, -0.1) is 0 Å². The summed E-state index contributed by atoms with van der Waals surface area (Å²) in [5, 5.41) is 7.62. The molecular formula is C12H22N4O. The Balaban J connectivity index is 1.81. The molecule has 0 aromatic carbocycles. The van der Waals surface area contributed by atoms with Crippen molar-refractivity contribution in [2.45, 2.75) is 38.7 Å². The molecule has 5 heteroatoms. The van der Waals surface area contributed by atoms with Crippen LogP contribution in [0.25, 0.3) is 0 Å². The summed E-state index contributed by atoms with van der Waals surface area (Å²) in [6.07, 6.45) is 5.12. The van der Waals surface area contributed by atoms with Gasteiger partial charge in [-0.25, -0.2) is 0 Å². The molecule has 2 heterocycles. The van der Waals surface area contributed by atoms with Crippen LogP contribution in [0.15, 0.2) is 0 Å². The van der Waals surface area contributed by atoms with Crippen LogP contribution >= 0.6 is 0 Å². The molecule has 0 aliphatic carbocycles. The average Bonchev–Trinajstić information content (AvgIpc) is 2.57. The third-order valence-corrected chi connectivity index (χ3v) is 3.30. The molecule has 96 valence electrons. The number of ether oxygens (including phenoxy) is 1. The number of nitrogen functional groups attached to an aromatic ring is 1. The van der Waals surface area contributed by atoms with E-state index >= 15 is 0 Å². The third kappa shape index (κ3) is 2.91. The van der Waals surface area contributed by atoms with Crippen molar-refractivity contribution in [2.75, 3.05) is 24.2 Å². The zero-order valence-corrected chi connectivity index (χ0v) is 10.7. The molecule has 1 aliphatic heterocycles. The van der Waals surface area contributed by atoms with Gasteiger partial charge in [-0.2, -0.15) is 5.10 Å². The minimum Gasteiger partial charge on any atom is -0.394 e. The molecule has 1 fully saturated rings. The lowest BCUT2D eigenvalue weighted by Crippen LogP contribution is -2.22. The van der Waals surface area contributed by atoms with E-state index in [0.717, 1.165) is 36.8 Å². The second-order valence-electron chi connectivity index (χ2n) is 4.68. The molecule has 2 rings (SSSR count). The van der Waals surface area contributed by atoms with Crippen molar-refractivity contribution in [1.29, 1.82) is 0 Å². The van der Waals surface area contributed by atoms with E-state index in [2.05, 4.69) is 10.4 Å². The van der Waals surface area contributed by atoms with Crippen molar-refractivity contribution >= 4 is 11.5 Å². The van der Waals surface area contributed by atoms with Crippen LogP contribution in [-0.4, -0.2) is 29.0 Å². The van der Waals surface area contributed by atoms with Crippen LogP contribution in [0.4, 0.5) is 11.5 Å². The van der Waals surface area contributed by atoms with Crippen molar-refractivity contribution in [1.82, 2.24) is 9.78 Å². The quantitative estimate of drug-likeness (QED) is 0.837. The van der Waals surface area contributed by atoms with Gasteiger partial charge in [0.25, 0.3) is 0 Å². The Morgan fingerprint density at radius 3 is 2.94 bits per heavy atom. The first-order valence-corrected chi connectivity index (χ1v) is 6.33. The van der Waals surface area contributed by atoms with E-state index in [4.69, 9.17) is 10.5 Å². The lowest BCUT2D eigenvalue weighted by molar-refractivity contribution is 0.0134. The van der Waals surface area contributed by atoms with Gasteiger partial charge < -0.3 is 15.8 Å². The topological polar surface area (TPSA) is 65.1 Å². The second-order valence-corrected chi connectivity index (χ2v) is 4.68. The molecule has 0 saturated carbocycles. The average molecular weight is 238 g/mol. The van der Waals surface area contributed by atoms with Gasteiger partial charge >= 0.3 is 0 Å². The number of rotatable bonds is 4. The molecule has 1 aromatic rings. The Labute approximate surface area is 102 Å². The fourth-order valence-electron chi connectivity index (χ4n) is 2.27.